The third-order valence-electron chi connectivity index (χ3n) is 8.40. The summed E-state index contributed by atoms with van der Waals surface area (Å²) in [6.45, 7) is 1.15. The number of nitrogens with zero attached hydrogens (tertiary/aromatic N) is 4. The smallest absolute Gasteiger partial charge is 0.326 e. The number of nitrogens with one attached hydrogen (secondary N) is 4. The average Bonchev–Trinajstić information content (AvgIpc) is 3.37. The molecular weight excluding hydrogens is 746 g/mol. The molecule has 3 amide bonds. The number of nitrogens with two attached hydrogens (primary N) is 3. The maximum atomic E-state index is 13.5. The first-order valence-corrected chi connectivity index (χ1v) is 17.5. The van der Waals surface area contributed by atoms with Crippen LogP contribution >= 0.6 is 11.8 Å². The molecule has 13 N–H and O–H groups in total. The van der Waals surface area contributed by atoms with Gasteiger partial charge in [-0.3, -0.25) is 38.5 Å². The zero-order valence-electron chi connectivity index (χ0n) is 29.2. The van der Waals surface area contributed by atoms with Gasteiger partial charge in [0.05, 0.1) is 29.7 Å². The number of aromatic amines is 1. The highest BCUT2D eigenvalue weighted by atomic mass is 32.2. The third-order valence-corrected chi connectivity index (χ3v) is 9.89. The number of carboxylic acid groups (broad SMARTS) is 3. The SMILES string of the molecule is CC1(SC[C@H](N)C(=O)O)CC(=O)[C@H](CC(=O)O)N1C(=O)[C@@H](N)CNC(=O)CC[C@@H](NC(=O)c1ccc(NCc2cnc3nc(N)[nH]c(=O)c3n2)cc1)C(=O)O. The lowest BCUT2D eigenvalue weighted by atomic mass is 10.1. The number of aromatic nitrogens is 4. The molecule has 1 saturated heterocycles. The van der Waals surface area contributed by atoms with Gasteiger partial charge in [-0.1, -0.05) is 0 Å². The normalized spacial score (nSPS) is 18.3. The number of benzene rings is 1. The number of amides is 3. The summed E-state index contributed by atoms with van der Waals surface area (Å²) in [5.74, 6) is -7.30. The standard InChI is InChI=1S/C32H39N11O11S/c1-32(55-13-18(34)29(51)52)9-21(44)20(8-23(46)47)43(32)28(50)17(33)12-37-22(45)7-6-19(30(53)54)40-26(48)14-2-4-15(5-3-14)36-10-16-11-38-25-24(39-16)27(49)42-31(35)41-25/h2-5,11,17-20,36H,6-10,12-13,33-34H2,1H3,(H,37,45)(H,40,48)(H,46,47)(H,51,52)(H,53,54)(H3,35,38,41,42,49)/t17-,18-,19+,20-,32?/m0/s1. The molecule has 2 aromatic heterocycles. The molecular formula is C32H39N11O11S. The van der Waals surface area contributed by atoms with Crippen molar-refractivity contribution in [1.82, 2.24) is 35.5 Å². The maximum Gasteiger partial charge on any atom is 0.326 e. The number of aliphatic carboxylic acids is 3. The first kappa shape index (κ1) is 41.6. The monoisotopic (exact) mass is 785 g/mol. The first-order valence-electron chi connectivity index (χ1n) is 16.5. The van der Waals surface area contributed by atoms with Crippen LogP contribution < -0.4 is 38.7 Å². The molecule has 22 nitrogen and oxygen atoms in total. The van der Waals surface area contributed by atoms with Crippen LogP contribution in [0.25, 0.3) is 11.2 Å². The number of carbonyl (C=O) groups excluding carboxylic acids is 4. The van der Waals surface area contributed by atoms with Gasteiger partial charge in [0, 0.05) is 36.4 Å². The van der Waals surface area contributed by atoms with Crippen molar-refractivity contribution in [3.63, 3.8) is 0 Å². The van der Waals surface area contributed by atoms with Crippen LogP contribution in [0, 0.1) is 0 Å². The summed E-state index contributed by atoms with van der Waals surface area (Å²) < 4.78 is 0. The summed E-state index contributed by atoms with van der Waals surface area (Å²) in [6, 6.07) is 0.313. The average molecular weight is 786 g/mol. The molecule has 0 bridgehead atoms. The lowest BCUT2D eigenvalue weighted by Crippen LogP contribution is -2.57. The highest BCUT2D eigenvalue weighted by molar-refractivity contribution is 8.00. The molecule has 294 valence electrons. The molecule has 3 heterocycles. The van der Waals surface area contributed by atoms with Crippen molar-refractivity contribution in [2.75, 3.05) is 23.3 Å². The highest BCUT2D eigenvalue weighted by Gasteiger charge is 2.52. The van der Waals surface area contributed by atoms with Crippen molar-refractivity contribution in [2.24, 2.45) is 11.5 Å². The number of nitrogen functional groups attached to an aromatic ring is 1. The van der Waals surface area contributed by atoms with Gasteiger partial charge in [0.25, 0.3) is 11.5 Å². The van der Waals surface area contributed by atoms with Gasteiger partial charge in [0.2, 0.25) is 17.8 Å². The van der Waals surface area contributed by atoms with Gasteiger partial charge in [0.15, 0.2) is 16.9 Å². The van der Waals surface area contributed by atoms with Gasteiger partial charge in [-0.2, -0.15) is 4.98 Å². The van der Waals surface area contributed by atoms with E-state index in [1.807, 2.05) is 0 Å². The first-order chi connectivity index (χ1) is 25.9. The molecule has 1 unspecified atom stereocenters. The van der Waals surface area contributed by atoms with E-state index in [9.17, 15) is 48.6 Å². The molecule has 55 heavy (non-hydrogen) atoms. The summed E-state index contributed by atoms with van der Waals surface area (Å²) in [4.78, 5) is 113. The van der Waals surface area contributed by atoms with E-state index < -0.39 is 95.4 Å². The Labute approximate surface area is 315 Å². The molecule has 1 aromatic carbocycles. The molecule has 3 aromatic rings. The van der Waals surface area contributed by atoms with Crippen LogP contribution in [0.4, 0.5) is 11.6 Å². The van der Waals surface area contributed by atoms with Crippen molar-refractivity contribution in [1.29, 1.82) is 0 Å². The van der Waals surface area contributed by atoms with Crippen molar-refractivity contribution in [3.8, 4) is 0 Å². The van der Waals surface area contributed by atoms with E-state index in [2.05, 4.69) is 35.9 Å². The van der Waals surface area contributed by atoms with Crippen LogP contribution in [0.2, 0.25) is 0 Å². The van der Waals surface area contributed by atoms with Gasteiger partial charge in [0.1, 0.15) is 24.2 Å². The summed E-state index contributed by atoms with van der Waals surface area (Å²) in [6.07, 6.45) is -0.349. The second-order valence-corrected chi connectivity index (χ2v) is 14.1. The number of fused-ring (bicyclic) bond motifs is 1. The second-order valence-electron chi connectivity index (χ2n) is 12.6. The van der Waals surface area contributed by atoms with E-state index in [1.165, 1.54) is 25.3 Å². The van der Waals surface area contributed by atoms with Crippen molar-refractivity contribution in [3.05, 3.63) is 52.1 Å². The van der Waals surface area contributed by atoms with Gasteiger partial charge >= 0.3 is 17.9 Å². The minimum atomic E-state index is -1.48. The Morgan fingerprint density at radius 1 is 1.04 bits per heavy atom. The van der Waals surface area contributed by atoms with Crippen LogP contribution in [0.3, 0.4) is 0 Å². The topological polar surface area (TPSA) is 369 Å². The molecule has 23 heteroatoms. The minimum absolute atomic E-state index is 0.00885. The predicted octanol–water partition coefficient (Wildman–Crippen LogP) is -2.18. The largest absolute Gasteiger partial charge is 0.481 e. The Bertz CT molecular complexity index is 2050. The molecule has 1 aliphatic heterocycles. The van der Waals surface area contributed by atoms with E-state index >= 15 is 0 Å². The van der Waals surface area contributed by atoms with Crippen LogP contribution in [0.1, 0.15) is 48.7 Å². The lowest BCUT2D eigenvalue weighted by Gasteiger charge is -2.38. The fourth-order valence-electron chi connectivity index (χ4n) is 5.56. The Morgan fingerprint density at radius 3 is 2.36 bits per heavy atom. The van der Waals surface area contributed by atoms with Crippen molar-refractivity contribution in [2.45, 2.75) is 68.2 Å². The highest BCUT2D eigenvalue weighted by Crippen LogP contribution is 2.42. The summed E-state index contributed by atoms with van der Waals surface area (Å²) in [7, 11) is 0. The van der Waals surface area contributed by atoms with Crippen molar-refractivity contribution >= 4 is 76.0 Å². The Morgan fingerprint density at radius 2 is 1.73 bits per heavy atom. The van der Waals surface area contributed by atoms with E-state index in [0.717, 1.165) is 16.7 Å². The fourth-order valence-corrected chi connectivity index (χ4v) is 6.84. The van der Waals surface area contributed by atoms with E-state index in [4.69, 9.17) is 22.3 Å². The minimum Gasteiger partial charge on any atom is -0.481 e. The summed E-state index contributed by atoms with van der Waals surface area (Å²) in [5.41, 5.74) is 17.8. The molecule has 5 atom stereocenters. The number of carboxylic acids is 3. The van der Waals surface area contributed by atoms with Crippen molar-refractivity contribution < 1.29 is 48.9 Å². The number of carbonyl (C=O) groups is 7. The Kier molecular flexibility index (Phi) is 13.4. The molecule has 0 saturated carbocycles. The number of hydrogen-bond acceptors (Lipinski definition) is 16. The quantitative estimate of drug-likeness (QED) is 0.0655. The van der Waals surface area contributed by atoms with Gasteiger partial charge < -0.3 is 53.4 Å². The molecule has 4 rings (SSSR count). The molecule has 1 fully saturated rings. The van der Waals surface area contributed by atoms with Gasteiger partial charge in [-0.25, -0.2) is 14.8 Å². The van der Waals surface area contributed by atoms with E-state index in [-0.39, 0.29) is 47.8 Å². The number of hydrogen-bond donors (Lipinski definition) is 10. The molecule has 0 spiro atoms. The number of ketones is 1. The van der Waals surface area contributed by atoms with E-state index in [1.54, 1.807) is 12.1 Å². The Balaban J connectivity index is 1.29. The number of rotatable bonds is 18. The molecule has 0 radical (unpaired) electrons. The number of H-pyrrole nitrogens is 1. The lowest BCUT2D eigenvalue weighted by molar-refractivity contribution is -0.144. The fraction of sp³-hybridized carbons (Fsp3) is 0.406. The van der Waals surface area contributed by atoms with Crippen LogP contribution in [-0.2, 0) is 35.3 Å². The summed E-state index contributed by atoms with van der Waals surface area (Å²) >= 11 is 0.886. The van der Waals surface area contributed by atoms with E-state index in [0.29, 0.717) is 11.4 Å². The number of anilines is 2. The maximum absolute atomic E-state index is 13.5. The number of Topliss-reactive ketones (excluding diaryl/α,β-unsaturated/α-hetero) is 1. The predicted molar refractivity (Wildman–Crippen MR) is 194 cm³/mol. The zero-order chi connectivity index (χ0) is 40.6. The third kappa shape index (κ3) is 10.7. The number of likely N-dealkylation sites (tertiary alicyclic amines) is 1. The van der Waals surface area contributed by atoms with Crippen LogP contribution in [-0.4, -0.2) is 123 Å². The van der Waals surface area contributed by atoms with Gasteiger partial charge in [-0.15, -0.1) is 11.8 Å². The van der Waals surface area contributed by atoms with Crippen LogP contribution in [0.5, 0.6) is 0 Å². The number of thioether (sulfide) groups is 1. The van der Waals surface area contributed by atoms with Crippen LogP contribution in [0.15, 0.2) is 35.3 Å². The van der Waals surface area contributed by atoms with Gasteiger partial charge in [-0.05, 0) is 37.6 Å². The molecule has 0 aliphatic carbocycles. The molecule has 1 aliphatic rings. The Hall–Kier alpha value is -6.20. The zero-order valence-corrected chi connectivity index (χ0v) is 30.0. The second kappa shape index (κ2) is 17.7. The summed E-state index contributed by atoms with van der Waals surface area (Å²) in [5, 5.41) is 36.0.